The third kappa shape index (κ3) is 6.68. The van der Waals surface area contributed by atoms with Gasteiger partial charge in [0.2, 0.25) is 5.91 Å². The lowest BCUT2D eigenvalue weighted by molar-refractivity contribution is -0.111. The lowest BCUT2D eigenvalue weighted by atomic mass is 9.87. The summed E-state index contributed by atoms with van der Waals surface area (Å²) in [6, 6.07) is 17.8. The second-order valence-electron chi connectivity index (χ2n) is 8.56. The van der Waals surface area contributed by atoms with E-state index in [1.807, 2.05) is 24.3 Å². The normalized spacial score (nSPS) is 11.5. The molecule has 4 nitrogen and oxygen atoms in total. The van der Waals surface area contributed by atoms with Crippen molar-refractivity contribution < 1.29 is 18.7 Å². The van der Waals surface area contributed by atoms with Crippen molar-refractivity contribution in [1.29, 1.82) is 0 Å². The van der Waals surface area contributed by atoms with Crippen molar-refractivity contribution in [2.45, 2.75) is 32.8 Å². The molecule has 0 unspecified atom stereocenters. The number of halogens is 2. The summed E-state index contributed by atoms with van der Waals surface area (Å²) in [7, 11) is 1.53. The lowest BCUT2D eigenvalue weighted by Crippen LogP contribution is -2.12. The standard InChI is InChI=1S/C27H27BrFNO3/c1-27(2,3)20-10-12-21(13-11-20)30-25(31)14-9-18-15-22(28)26(24(16-18)32-4)33-17-19-7-5-6-8-23(19)29/h5-16H,17H2,1-4H3,(H,30,31)/b14-9+. The minimum absolute atomic E-state index is 0.0556. The van der Waals surface area contributed by atoms with Crippen LogP contribution in [-0.4, -0.2) is 13.0 Å². The number of methoxy groups -OCH3 is 1. The van der Waals surface area contributed by atoms with Gasteiger partial charge in [0.05, 0.1) is 11.6 Å². The van der Waals surface area contributed by atoms with E-state index in [4.69, 9.17) is 9.47 Å². The van der Waals surface area contributed by atoms with Gasteiger partial charge in [-0.25, -0.2) is 4.39 Å². The molecule has 0 fully saturated rings. The van der Waals surface area contributed by atoms with Gasteiger partial charge in [0.15, 0.2) is 11.5 Å². The highest BCUT2D eigenvalue weighted by Crippen LogP contribution is 2.37. The summed E-state index contributed by atoms with van der Waals surface area (Å²) in [6.07, 6.45) is 3.14. The Hall–Kier alpha value is -3.12. The van der Waals surface area contributed by atoms with Crippen molar-refractivity contribution in [1.82, 2.24) is 0 Å². The number of hydrogen-bond acceptors (Lipinski definition) is 3. The van der Waals surface area contributed by atoms with E-state index in [0.717, 1.165) is 11.3 Å². The van der Waals surface area contributed by atoms with Crippen LogP contribution >= 0.6 is 15.9 Å². The minimum Gasteiger partial charge on any atom is -0.493 e. The molecule has 3 rings (SSSR count). The quantitative estimate of drug-likeness (QED) is 0.343. The van der Waals surface area contributed by atoms with Gasteiger partial charge < -0.3 is 14.8 Å². The summed E-state index contributed by atoms with van der Waals surface area (Å²) in [4.78, 5) is 12.4. The van der Waals surface area contributed by atoms with Crippen LogP contribution in [0.15, 0.2) is 71.2 Å². The van der Waals surface area contributed by atoms with Gasteiger partial charge >= 0.3 is 0 Å². The Balaban J connectivity index is 1.68. The highest BCUT2D eigenvalue weighted by Gasteiger charge is 2.14. The topological polar surface area (TPSA) is 47.6 Å². The predicted octanol–water partition coefficient (Wildman–Crippen LogP) is 7.13. The average molecular weight is 512 g/mol. The van der Waals surface area contributed by atoms with Crippen LogP contribution in [0.4, 0.5) is 10.1 Å². The molecule has 172 valence electrons. The first-order chi connectivity index (χ1) is 15.7. The largest absolute Gasteiger partial charge is 0.493 e. The van der Waals surface area contributed by atoms with E-state index in [9.17, 15) is 9.18 Å². The number of nitrogens with one attached hydrogen (secondary N) is 1. The molecule has 6 heteroatoms. The number of carbonyl (C=O) groups is 1. The monoisotopic (exact) mass is 511 g/mol. The molecule has 0 bridgehead atoms. The fourth-order valence-corrected chi connectivity index (χ4v) is 3.73. The maximum atomic E-state index is 13.9. The Morgan fingerprint density at radius 2 is 1.79 bits per heavy atom. The van der Waals surface area contributed by atoms with Gasteiger partial charge in [-0.2, -0.15) is 0 Å². The summed E-state index contributed by atoms with van der Waals surface area (Å²) in [6.45, 7) is 6.50. The predicted molar refractivity (Wildman–Crippen MR) is 134 cm³/mol. The summed E-state index contributed by atoms with van der Waals surface area (Å²) in [5.74, 6) is 0.361. The Labute approximate surface area is 202 Å². The van der Waals surface area contributed by atoms with E-state index >= 15 is 0 Å². The van der Waals surface area contributed by atoms with E-state index in [-0.39, 0.29) is 23.7 Å². The van der Waals surface area contributed by atoms with Gasteiger partial charge in [-0.15, -0.1) is 0 Å². The highest BCUT2D eigenvalue weighted by molar-refractivity contribution is 9.10. The summed E-state index contributed by atoms with van der Waals surface area (Å²) in [5, 5.41) is 2.86. The Bertz CT molecular complexity index is 1150. The van der Waals surface area contributed by atoms with Gasteiger partial charge in [0.1, 0.15) is 12.4 Å². The van der Waals surface area contributed by atoms with Crippen molar-refractivity contribution >= 4 is 33.6 Å². The van der Waals surface area contributed by atoms with E-state index in [1.165, 1.54) is 24.8 Å². The summed E-state index contributed by atoms with van der Waals surface area (Å²) in [5.41, 5.74) is 3.18. The zero-order chi connectivity index (χ0) is 24.0. The second-order valence-corrected chi connectivity index (χ2v) is 9.42. The van der Waals surface area contributed by atoms with Crippen LogP contribution in [-0.2, 0) is 16.8 Å². The molecule has 33 heavy (non-hydrogen) atoms. The average Bonchev–Trinajstić information content (AvgIpc) is 2.77. The molecule has 0 aliphatic rings. The first-order valence-electron chi connectivity index (χ1n) is 10.5. The molecule has 3 aromatic carbocycles. The Morgan fingerprint density at radius 3 is 2.42 bits per heavy atom. The minimum atomic E-state index is -0.328. The smallest absolute Gasteiger partial charge is 0.248 e. The molecule has 0 atom stereocenters. The van der Waals surface area contributed by atoms with E-state index in [1.54, 1.807) is 36.4 Å². The van der Waals surface area contributed by atoms with E-state index in [0.29, 0.717) is 21.5 Å². The molecular formula is C27H27BrFNO3. The number of ether oxygens (including phenoxy) is 2. The van der Waals surface area contributed by atoms with Crippen molar-refractivity contribution in [2.75, 3.05) is 12.4 Å². The number of rotatable bonds is 7. The third-order valence-corrected chi connectivity index (χ3v) is 5.62. The molecular weight excluding hydrogens is 485 g/mol. The van der Waals surface area contributed by atoms with Crippen LogP contribution < -0.4 is 14.8 Å². The van der Waals surface area contributed by atoms with Crippen LogP contribution in [0.25, 0.3) is 6.08 Å². The van der Waals surface area contributed by atoms with Crippen LogP contribution in [0.3, 0.4) is 0 Å². The Morgan fingerprint density at radius 1 is 1.09 bits per heavy atom. The second kappa shape index (κ2) is 10.7. The van der Waals surface area contributed by atoms with Crippen molar-refractivity contribution in [2.24, 2.45) is 0 Å². The zero-order valence-electron chi connectivity index (χ0n) is 19.1. The molecule has 0 aliphatic carbocycles. The fourth-order valence-electron chi connectivity index (χ4n) is 3.15. The SMILES string of the molecule is COc1cc(/C=C/C(=O)Nc2ccc(C(C)(C)C)cc2)cc(Br)c1OCc1ccccc1F. The molecule has 0 saturated heterocycles. The van der Waals surface area contributed by atoms with E-state index in [2.05, 4.69) is 42.0 Å². The van der Waals surface area contributed by atoms with Crippen LogP contribution in [0.5, 0.6) is 11.5 Å². The molecule has 1 amide bonds. The summed E-state index contributed by atoms with van der Waals surface area (Å²) >= 11 is 3.48. The van der Waals surface area contributed by atoms with Gasteiger partial charge in [-0.05, 0) is 68.9 Å². The number of amides is 1. The van der Waals surface area contributed by atoms with Crippen LogP contribution in [0, 0.1) is 5.82 Å². The molecule has 3 aromatic rings. The number of anilines is 1. The van der Waals surface area contributed by atoms with Crippen LogP contribution in [0.2, 0.25) is 0 Å². The van der Waals surface area contributed by atoms with E-state index < -0.39 is 0 Å². The number of hydrogen-bond donors (Lipinski definition) is 1. The molecule has 0 heterocycles. The summed E-state index contributed by atoms with van der Waals surface area (Å²) < 4.78 is 25.8. The highest BCUT2D eigenvalue weighted by atomic mass is 79.9. The van der Waals surface area contributed by atoms with Gasteiger partial charge in [-0.1, -0.05) is 51.1 Å². The molecule has 0 aromatic heterocycles. The van der Waals surface area contributed by atoms with Gasteiger partial charge in [0, 0.05) is 17.3 Å². The Kier molecular flexibility index (Phi) is 7.92. The van der Waals surface area contributed by atoms with Crippen molar-refractivity contribution in [3.05, 3.63) is 93.7 Å². The molecule has 0 aliphatic heterocycles. The zero-order valence-corrected chi connectivity index (χ0v) is 20.7. The van der Waals surface area contributed by atoms with Crippen molar-refractivity contribution in [3.8, 4) is 11.5 Å². The maximum Gasteiger partial charge on any atom is 0.248 e. The maximum absolute atomic E-state index is 13.9. The molecule has 0 spiro atoms. The molecule has 1 N–H and O–H groups in total. The third-order valence-electron chi connectivity index (χ3n) is 5.03. The van der Waals surface area contributed by atoms with Gasteiger partial charge in [0.25, 0.3) is 0 Å². The molecule has 0 saturated carbocycles. The number of benzene rings is 3. The van der Waals surface area contributed by atoms with Gasteiger partial charge in [-0.3, -0.25) is 4.79 Å². The fraction of sp³-hybridized carbons (Fsp3) is 0.222. The number of carbonyl (C=O) groups excluding carboxylic acids is 1. The molecule has 0 radical (unpaired) electrons. The lowest BCUT2D eigenvalue weighted by Gasteiger charge is -2.19. The van der Waals surface area contributed by atoms with Crippen molar-refractivity contribution in [3.63, 3.8) is 0 Å². The van der Waals surface area contributed by atoms with Crippen LogP contribution in [0.1, 0.15) is 37.5 Å². The first kappa shape index (κ1) is 24.5. The first-order valence-corrected chi connectivity index (χ1v) is 11.3.